The molecule has 0 saturated carbocycles. The zero-order valence-corrected chi connectivity index (χ0v) is 14.3. The number of benzene rings is 1. The van der Waals surface area contributed by atoms with E-state index >= 15 is 0 Å². The SMILES string of the molecule is CCOC(C)(C)CNc1cccc(SCC)c1C(N)=S. The summed E-state index contributed by atoms with van der Waals surface area (Å²) in [4.78, 5) is 1.55. The second-order valence-electron chi connectivity index (χ2n) is 5.02. The average Bonchev–Trinajstić information content (AvgIpc) is 2.36. The van der Waals surface area contributed by atoms with Gasteiger partial charge in [0.25, 0.3) is 0 Å². The zero-order chi connectivity index (χ0) is 15.2. The number of thioether (sulfide) groups is 1. The Balaban J connectivity index is 2.94. The lowest BCUT2D eigenvalue weighted by atomic mass is 10.1. The van der Waals surface area contributed by atoms with E-state index in [1.54, 1.807) is 11.8 Å². The van der Waals surface area contributed by atoms with Crippen molar-refractivity contribution in [3.63, 3.8) is 0 Å². The molecule has 1 aromatic rings. The van der Waals surface area contributed by atoms with Crippen LogP contribution >= 0.6 is 24.0 Å². The van der Waals surface area contributed by atoms with Crippen LogP contribution in [0.4, 0.5) is 5.69 Å². The Morgan fingerprint density at radius 1 is 1.40 bits per heavy atom. The summed E-state index contributed by atoms with van der Waals surface area (Å²) in [6.45, 7) is 9.65. The number of nitrogens with one attached hydrogen (secondary N) is 1. The van der Waals surface area contributed by atoms with E-state index in [0.29, 0.717) is 18.1 Å². The van der Waals surface area contributed by atoms with E-state index in [1.807, 2.05) is 19.1 Å². The Morgan fingerprint density at radius 3 is 2.65 bits per heavy atom. The van der Waals surface area contributed by atoms with Gasteiger partial charge in [-0.3, -0.25) is 0 Å². The highest BCUT2D eigenvalue weighted by Gasteiger charge is 2.19. The van der Waals surface area contributed by atoms with Gasteiger partial charge in [-0.15, -0.1) is 11.8 Å². The molecule has 5 heteroatoms. The van der Waals surface area contributed by atoms with Gasteiger partial charge in [0, 0.05) is 29.3 Å². The molecule has 1 aromatic carbocycles. The molecule has 3 nitrogen and oxygen atoms in total. The molecule has 0 aliphatic heterocycles. The van der Waals surface area contributed by atoms with E-state index in [2.05, 4.69) is 32.2 Å². The fraction of sp³-hybridized carbons (Fsp3) is 0.533. The van der Waals surface area contributed by atoms with Crippen LogP contribution in [0.15, 0.2) is 23.1 Å². The molecule has 0 bridgehead atoms. The zero-order valence-electron chi connectivity index (χ0n) is 12.7. The van der Waals surface area contributed by atoms with Gasteiger partial charge in [-0.2, -0.15) is 0 Å². The van der Waals surface area contributed by atoms with E-state index in [4.69, 9.17) is 22.7 Å². The largest absolute Gasteiger partial charge is 0.389 e. The first-order valence-corrected chi connectivity index (χ1v) is 8.24. The summed E-state index contributed by atoms with van der Waals surface area (Å²) in [6, 6.07) is 6.09. The molecule has 0 spiro atoms. The summed E-state index contributed by atoms with van der Waals surface area (Å²) in [5.41, 5.74) is 7.57. The summed E-state index contributed by atoms with van der Waals surface area (Å²) >= 11 is 6.95. The maximum Gasteiger partial charge on any atom is 0.107 e. The fourth-order valence-corrected chi connectivity index (χ4v) is 3.09. The Hall–Kier alpha value is -0.780. The van der Waals surface area contributed by atoms with Crippen LogP contribution in [0.5, 0.6) is 0 Å². The first kappa shape index (κ1) is 17.3. The molecule has 1 rings (SSSR count). The smallest absolute Gasteiger partial charge is 0.107 e. The first-order valence-electron chi connectivity index (χ1n) is 6.84. The number of rotatable bonds is 8. The van der Waals surface area contributed by atoms with Crippen molar-refractivity contribution in [2.75, 3.05) is 24.2 Å². The van der Waals surface area contributed by atoms with Gasteiger partial charge in [0.15, 0.2) is 0 Å². The summed E-state index contributed by atoms with van der Waals surface area (Å²) < 4.78 is 5.70. The average molecular weight is 313 g/mol. The third-order valence-corrected chi connectivity index (χ3v) is 3.96. The summed E-state index contributed by atoms with van der Waals surface area (Å²) in [6.07, 6.45) is 0. The number of hydrogen-bond acceptors (Lipinski definition) is 4. The summed E-state index contributed by atoms with van der Waals surface area (Å²) in [5, 5.41) is 3.41. The van der Waals surface area contributed by atoms with Crippen molar-refractivity contribution < 1.29 is 4.74 Å². The maximum absolute atomic E-state index is 5.89. The van der Waals surface area contributed by atoms with Crippen LogP contribution in [0.2, 0.25) is 0 Å². The number of ether oxygens (including phenoxy) is 1. The van der Waals surface area contributed by atoms with E-state index in [-0.39, 0.29) is 5.60 Å². The second-order valence-corrected chi connectivity index (χ2v) is 6.77. The van der Waals surface area contributed by atoms with Gasteiger partial charge in [0.1, 0.15) is 4.99 Å². The molecular weight excluding hydrogens is 288 g/mol. The Kier molecular flexibility index (Phi) is 6.79. The van der Waals surface area contributed by atoms with Gasteiger partial charge in [0.05, 0.1) is 5.60 Å². The van der Waals surface area contributed by atoms with Gasteiger partial charge >= 0.3 is 0 Å². The van der Waals surface area contributed by atoms with Gasteiger partial charge in [0.2, 0.25) is 0 Å². The van der Waals surface area contributed by atoms with Crippen molar-refractivity contribution in [3.8, 4) is 0 Å². The fourth-order valence-electron chi connectivity index (χ4n) is 1.96. The van der Waals surface area contributed by atoms with Crippen molar-refractivity contribution in [2.24, 2.45) is 5.73 Å². The van der Waals surface area contributed by atoms with Crippen LogP contribution in [0.3, 0.4) is 0 Å². The van der Waals surface area contributed by atoms with Crippen LogP contribution < -0.4 is 11.1 Å². The molecule has 0 aromatic heterocycles. The highest BCUT2D eigenvalue weighted by molar-refractivity contribution is 7.99. The highest BCUT2D eigenvalue weighted by atomic mass is 32.2. The molecule has 0 aliphatic rings. The lowest BCUT2D eigenvalue weighted by molar-refractivity contribution is 0.000695. The number of anilines is 1. The molecule has 0 atom stereocenters. The minimum absolute atomic E-state index is 0.226. The quantitative estimate of drug-likeness (QED) is 0.566. The lowest BCUT2D eigenvalue weighted by Gasteiger charge is -2.26. The van der Waals surface area contributed by atoms with Crippen molar-refractivity contribution in [1.29, 1.82) is 0 Å². The van der Waals surface area contributed by atoms with E-state index < -0.39 is 0 Å². The molecule has 3 N–H and O–H groups in total. The maximum atomic E-state index is 5.89. The summed E-state index contributed by atoms with van der Waals surface area (Å²) in [7, 11) is 0. The molecule has 20 heavy (non-hydrogen) atoms. The molecule has 0 heterocycles. The topological polar surface area (TPSA) is 47.3 Å². The van der Waals surface area contributed by atoms with Gasteiger partial charge < -0.3 is 15.8 Å². The van der Waals surface area contributed by atoms with Crippen molar-refractivity contribution in [1.82, 2.24) is 0 Å². The molecule has 0 saturated heterocycles. The monoisotopic (exact) mass is 312 g/mol. The Labute approximate surface area is 131 Å². The Bertz CT molecular complexity index is 461. The summed E-state index contributed by atoms with van der Waals surface area (Å²) in [5.74, 6) is 0.990. The first-order chi connectivity index (χ1) is 9.41. The third-order valence-electron chi connectivity index (χ3n) is 2.81. The predicted octanol–water partition coefficient (Wildman–Crippen LogP) is 3.66. The predicted molar refractivity (Wildman–Crippen MR) is 92.9 cm³/mol. The van der Waals surface area contributed by atoms with E-state index in [9.17, 15) is 0 Å². The van der Waals surface area contributed by atoms with Crippen LogP contribution in [0.1, 0.15) is 33.3 Å². The molecule has 0 fully saturated rings. The molecule has 0 unspecified atom stereocenters. The standard InChI is InChI=1S/C15H24N2OS2/c1-5-18-15(3,4)10-17-11-8-7-9-12(20-6-2)13(11)14(16)19/h7-9,17H,5-6,10H2,1-4H3,(H2,16,19). The van der Waals surface area contributed by atoms with Gasteiger partial charge in [-0.1, -0.05) is 25.2 Å². The van der Waals surface area contributed by atoms with Crippen molar-refractivity contribution in [3.05, 3.63) is 23.8 Å². The van der Waals surface area contributed by atoms with Crippen LogP contribution in [0, 0.1) is 0 Å². The van der Waals surface area contributed by atoms with Gasteiger partial charge in [-0.05, 0) is 38.7 Å². The number of thiocarbonyl (C=S) groups is 1. The number of nitrogens with two attached hydrogens (primary N) is 1. The van der Waals surface area contributed by atoms with Crippen molar-refractivity contribution in [2.45, 2.75) is 38.2 Å². The molecular formula is C15H24N2OS2. The minimum Gasteiger partial charge on any atom is -0.389 e. The van der Waals surface area contributed by atoms with Crippen LogP contribution in [-0.2, 0) is 4.74 Å². The van der Waals surface area contributed by atoms with E-state index in [0.717, 1.165) is 21.9 Å². The molecule has 0 aliphatic carbocycles. The van der Waals surface area contributed by atoms with Crippen LogP contribution in [0.25, 0.3) is 0 Å². The minimum atomic E-state index is -0.226. The normalized spacial score (nSPS) is 11.4. The lowest BCUT2D eigenvalue weighted by Crippen LogP contribution is -2.34. The second kappa shape index (κ2) is 7.86. The number of hydrogen-bond donors (Lipinski definition) is 2. The highest BCUT2D eigenvalue weighted by Crippen LogP contribution is 2.29. The molecule has 0 radical (unpaired) electrons. The molecule has 112 valence electrons. The van der Waals surface area contributed by atoms with Crippen molar-refractivity contribution >= 4 is 34.7 Å². The Morgan fingerprint density at radius 2 is 2.10 bits per heavy atom. The van der Waals surface area contributed by atoms with Crippen LogP contribution in [-0.4, -0.2) is 29.5 Å². The van der Waals surface area contributed by atoms with Gasteiger partial charge in [-0.25, -0.2) is 0 Å². The molecule has 0 amide bonds. The van der Waals surface area contributed by atoms with E-state index in [1.165, 1.54) is 0 Å². The third kappa shape index (κ3) is 4.96.